The van der Waals surface area contributed by atoms with E-state index < -0.39 is 5.97 Å². The summed E-state index contributed by atoms with van der Waals surface area (Å²) in [4.78, 5) is 26.0. The van der Waals surface area contributed by atoms with Gasteiger partial charge < -0.3 is 24.4 Å². The van der Waals surface area contributed by atoms with Crippen LogP contribution in [0.5, 0.6) is 0 Å². The Morgan fingerprint density at radius 2 is 2.16 bits per heavy atom. The van der Waals surface area contributed by atoms with Crippen molar-refractivity contribution in [3.8, 4) is 0 Å². The molecule has 1 unspecified atom stereocenters. The van der Waals surface area contributed by atoms with E-state index in [1.165, 1.54) is 12.0 Å². The van der Waals surface area contributed by atoms with Crippen LogP contribution in [0.3, 0.4) is 0 Å². The van der Waals surface area contributed by atoms with Gasteiger partial charge >= 0.3 is 12.0 Å². The van der Waals surface area contributed by atoms with Gasteiger partial charge in [0, 0.05) is 33.9 Å². The number of carbonyl (C=O) groups is 2. The molecule has 7 nitrogen and oxygen atoms in total. The molecule has 1 atom stereocenters. The van der Waals surface area contributed by atoms with E-state index in [9.17, 15) is 9.59 Å². The van der Waals surface area contributed by atoms with E-state index in [0.717, 1.165) is 12.8 Å². The number of hydrogen-bond acceptors (Lipinski definition) is 4. The number of likely N-dealkylation sites (tertiary alicyclic amines) is 1. The fourth-order valence-electron chi connectivity index (χ4n) is 2.11. The molecule has 1 fully saturated rings. The Kier molecular flexibility index (Phi) is 6.58. The third-order valence-corrected chi connectivity index (χ3v) is 3.14. The van der Waals surface area contributed by atoms with E-state index >= 15 is 0 Å². The third kappa shape index (κ3) is 5.04. The minimum absolute atomic E-state index is 0.0341. The molecule has 0 radical (unpaired) electrons. The topological polar surface area (TPSA) is 79.3 Å². The number of ether oxygens (including phenoxy) is 2. The average Bonchev–Trinajstić information content (AvgIpc) is 2.42. The van der Waals surface area contributed by atoms with Crippen molar-refractivity contribution in [2.24, 2.45) is 0 Å². The van der Waals surface area contributed by atoms with E-state index in [1.54, 1.807) is 12.0 Å². The van der Waals surface area contributed by atoms with Crippen LogP contribution in [0.4, 0.5) is 4.79 Å². The highest BCUT2D eigenvalue weighted by atomic mass is 16.5. The van der Waals surface area contributed by atoms with Gasteiger partial charge in [-0.25, -0.2) is 4.79 Å². The molecule has 1 saturated heterocycles. The van der Waals surface area contributed by atoms with Crippen LogP contribution in [0.1, 0.15) is 12.8 Å². The Labute approximate surface area is 113 Å². The second kappa shape index (κ2) is 7.96. The fraction of sp³-hybridized carbons (Fsp3) is 0.833. The van der Waals surface area contributed by atoms with Gasteiger partial charge in [0.05, 0.1) is 12.7 Å². The van der Waals surface area contributed by atoms with E-state index in [1.807, 2.05) is 0 Å². The predicted octanol–water partition coefficient (Wildman–Crippen LogP) is 0.250. The Bertz CT molecular complexity index is 310. The Morgan fingerprint density at radius 3 is 2.74 bits per heavy atom. The van der Waals surface area contributed by atoms with Crippen LogP contribution in [0, 0.1) is 0 Å². The lowest BCUT2D eigenvalue weighted by molar-refractivity contribution is -0.137. The van der Waals surface area contributed by atoms with Crippen molar-refractivity contribution in [3.05, 3.63) is 0 Å². The van der Waals surface area contributed by atoms with Gasteiger partial charge in [-0.3, -0.25) is 4.79 Å². The first-order valence-electron chi connectivity index (χ1n) is 6.35. The maximum Gasteiger partial charge on any atom is 0.323 e. The second-order valence-corrected chi connectivity index (χ2v) is 4.54. The molecule has 0 bridgehead atoms. The second-order valence-electron chi connectivity index (χ2n) is 4.54. The van der Waals surface area contributed by atoms with Gasteiger partial charge in [0.1, 0.15) is 6.54 Å². The van der Waals surface area contributed by atoms with Crippen molar-refractivity contribution >= 4 is 12.0 Å². The van der Waals surface area contributed by atoms with Crippen molar-refractivity contribution in [1.82, 2.24) is 9.80 Å². The molecule has 7 heteroatoms. The van der Waals surface area contributed by atoms with Crippen molar-refractivity contribution in [2.45, 2.75) is 18.9 Å². The first-order valence-corrected chi connectivity index (χ1v) is 6.35. The third-order valence-electron chi connectivity index (χ3n) is 3.14. The van der Waals surface area contributed by atoms with Crippen molar-refractivity contribution in [1.29, 1.82) is 0 Å². The standard InChI is InChI=1S/C12H22N2O5/c1-18-7-6-14(9-11(15)16)12(17)13-5-3-4-10(8-13)19-2/h10H,3-9H2,1-2H3,(H,15,16). The summed E-state index contributed by atoms with van der Waals surface area (Å²) in [7, 11) is 3.14. The molecular formula is C12H22N2O5. The van der Waals surface area contributed by atoms with E-state index in [4.69, 9.17) is 14.6 Å². The molecule has 1 heterocycles. The molecule has 2 amide bonds. The zero-order valence-electron chi connectivity index (χ0n) is 11.5. The van der Waals surface area contributed by atoms with Gasteiger partial charge in [0.15, 0.2) is 0 Å². The molecule has 0 spiro atoms. The summed E-state index contributed by atoms with van der Waals surface area (Å²) < 4.78 is 10.2. The monoisotopic (exact) mass is 274 g/mol. The van der Waals surface area contributed by atoms with E-state index in [-0.39, 0.29) is 25.2 Å². The maximum absolute atomic E-state index is 12.3. The highest BCUT2D eigenvalue weighted by Gasteiger charge is 2.27. The quantitative estimate of drug-likeness (QED) is 0.751. The molecule has 0 saturated carbocycles. The lowest BCUT2D eigenvalue weighted by atomic mass is 10.1. The zero-order valence-corrected chi connectivity index (χ0v) is 11.5. The fourth-order valence-corrected chi connectivity index (χ4v) is 2.11. The molecule has 1 aliphatic rings. The van der Waals surface area contributed by atoms with Crippen LogP contribution in [0.25, 0.3) is 0 Å². The van der Waals surface area contributed by atoms with Crippen LogP contribution in [-0.2, 0) is 14.3 Å². The SMILES string of the molecule is COCCN(CC(=O)O)C(=O)N1CCCC(OC)C1. The summed E-state index contributed by atoms with van der Waals surface area (Å²) in [5.41, 5.74) is 0. The molecule has 0 aromatic heterocycles. The number of hydrogen-bond donors (Lipinski definition) is 1. The van der Waals surface area contributed by atoms with Crippen molar-refractivity contribution in [3.63, 3.8) is 0 Å². The molecule has 19 heavy (non-hydrogen) atoms. The summed E-state index contributed by atoms with van der Waals surface area (Å²) >= 11 is 0. The number of piperidine rings is 1. The molecule has 1 rings (SSSR count). The normalized spacial score (nSPS) is 19.3. The first kappa shape index (κ1) is 15.7. The van der Waals surface area contributed by atoms with Crippen LogP contribution < -0.4 is 0 Å². The maximum atomic E-state index is 12.3. The highest BCUT2D eigenvalue weighted by molar-refractivity contribution is 5.80. The lowest BCUT2D eigenvalue weighted by Crippen LogP contribution is -2.51. The number of carboxylic acid groups (broad SMARTS) is 1. The van der Waals surface area contributed by atoms with Crippen LogP contribution in [0.15, 0.2) is 0 Å². The Morgan fingerprint density at radius 1 is 1.42 bits per heavy atom. The van der Waals surface area contributed by atoms with Crippen molar-refractivity contribution in [2.75, 3.05) is 47.0 Å². The van der Waals surface area contributed by atoms with Gasteiger partial charge in [0.2, 0.25) is 0 Å². The summed E-state index contributed by atoms with van der Waals surface area (Å²) in [6.45, 7) is 1.44. The number of amides is 2. The summed E-state index contributed by atoms with van der Waals surface area (Å²) in [5, 5.41) is 8.85. The zero-order chi connectivity index (χ0) is 14.3. The number of methoxy groups -OCH3 is 2. The minimum atomic E-state index is -1.02. The number of urea groups is 1. The Balaban J connectivity index is 2.60. The molecule has 110 valence electrons. The molecular weight excluding hydrogens is 252 g/mol. The Hall–Kier alpha value is -1.34. The number of nitrogens with zero attached hydrogens (tertiary/aromatic N) is 2. The molecule has 0 aromatic rings. The summed E-state index contributed by atoms with van der Waals surface area (Å²) in [6, 6.07) is -0.263. The molecule has 0 aromatic carbocycles. The molecule has 1 aliphatic heterocycles. The van der Waals surface area contributed by atoms with Gasteiger partial charge in [-0.1, -0.05) is 0 Å². The van der Waals surface area contributed by atoms with Gasteiger partial charge in [-0.05, 0) is 12.8 Å². The minimum Gasteiger partial charge on any atom is -0.480 e. The lowest BCUT2D eigenvalue weighted by Gasteiger charge is -2.35. The van der Waals surface area contributed by atoms with Crippen LogP contribution in [-0.4, -0.2) is 80.0 Å². The van der Waals surface area contributed by atoms with Crippen LogP contribution >= 0.6 is 0 Å². The average molecular weight is 274 g/mol. The summed E-state index contributed by atoms with van der Waals surface area (Å²) in [5.74, 6) is -1.02. The van der Waals surface area contributed by atoms with Gasteiger partial charge in [-0.2, -0.15) is 0 Å². The van der Waals surface area contributed by atoms with Gasteiger partial charge in [-0.15, -0.1) is 0 Å². The first-order chi connectivity index (χ1) is 9.08. The highest BCUT2D eigenvalue weighted by Crippen LogP contribution is 2.14. The van der Waals surface area contributed by atoms with E-state index in [0.29, 0.717) is 19.7 Å². The number of carbonyl (C=O) groups excluding carboxylic acids is 1. The molecule has 0 aliphatic carbocycles. The largest absolute Gasteiger partial charge is 0.480 e. The predicted molar refractivity (Wildman–Crippen MR) is 68.1 cm³/mol. The number of rotatable bonds is 6. The van der Waals surface area contributed by atoms with E-state index in [2.05, 4.69) is 0 Å². The summed E-state index contributed by atoms with van der Waals surface area (Å²) in [6.07, 6.45) is 1.83. The smallest absolute Gasteiger partial charge is 0.323 e. The molecule has 1 N–H and O–H groups in total. The van der Waals surface area contributed by atoms with Crippen LogP contribution in [0.2, 0.25) is 0 Å². The van der Waals surface area contributed by atoms with Crippen molar-refractivity contribution < 1.29 is 24.2 Å². The van der Waals surface area contributed by atoms with Gasteiger partial charge in [0.25, 0.3) is 0 Å². The number of carboxylic acids is 1. The number of aliphatic carboxylic acids is 1.